The zero-order valence-corrected chi connectivity index (χ0v) is 5.60. The maximum Gasteiger partial charge on any atom is 0.0973 e. The fourth-order valence-corrected chi connectivity index (χ4v) is 0.432. The van der Waals surface area contributed by atoms with Crippen LogP contribution in [-0.4, -0.2) is 0 Å². The molecule has 0 aliphatic rings. The molecule has 3 heteroatoms. The van der Waals surface area contributed by atoms with Gasteiger partial charge in [0, 0.05) is 5.30 Å². The lowest BCUT2D eigenvalue weighted by molar-refractivity contribution is 0.569. The summed E-state index contributed by atoms with van der Waals surface area (Å²) in [7, 11) is 2.52. The Morgan fingerprint density at radius 3 is 2.43 bits per heavy atom. The van der Waals surface area contributed by atoms with Crippen LogP contribution in [0.3, 0.4) is 0 Å². The smallest absolute Gasteiger partial charge is 0.0973 e. The molecule has 0 saturated carbocycles. The molecule has 0 radical (unpaired) electrons. The second kappa shape index (κ2) is 3.06. The first kappa shape index (κ1) is 7.00. The Morgan fingerprint density at radius 1 is 1.57 bits per heavy atom. The molecule has 0 bridgehead atoms. The largest absolute Gasteiger partial charge is 0.472 e. The van der Waals surface area contributed by atoms with Gasteiger partial charge in [-0.25, -0.2) is 0 Å². The van der Waals surface area contributed by atoms with E-state index in [4.69, 9.17) is 4.42 Å². The molecule has 0 amide bonds. The lowest BCUT2D eigenvalue weighted by Crippen LogP contribution is -1.74. The molecule has 1 rings (SSSR count). The first-order valence-corrected chi connectivity index (χ1v) is 2.25. The predicted molar refractivity (Wildman–Crippen MR) is 35.3 cm³/mol. The molecule has 7 heavy (non-hydrogen) atoms. The lowest BCUT2D eigenvalue weighted by Gasteiger charge is -1.63. The Labute approximate surface area is 50.7 Å². The monoisotopic (exact) mass is 136 g/mol. The van der Waals surface area contributed by atoms with E-state index in [9.17, 15) is 0 Å². The van der Waals surface area contributed by atoms with E-state index in [1.807, 2.05) is 6.07 Å². The van der Waals surface area contributed by atoms with Crippen LogP contribution in [0.2, 0.25) is 0 Å². The van der Waals surface area contributed by atoms with Gasteiger partial charge >= 0.3 is 0 Å². The minimum Gasteiger partial charge on any atom is -0.472 e. The van der Waals surface area contributed by atoms with Crippen molar-refractivity contribution in [3.8, 4) is 0 Å². The molecule has 0 aliphatic heterocycles. The van der Waals surface area contributed by atoms with Crippen LogP contribution in [0, 0.1) is 0 Å². The molecule has 0 saturated heterocycles. The molecule has 0 N–H and O–H groups in total. The maximum atomic E-state index is 4.69. The van der Waals surface area contributed by atoms with Crippen molar-refractivity contribution in [1.29, 1.82) is 0 Å². The first-order valence-electron chi connectivity index (χ1n) is 1.67. The van der Waals surface area contributed by atoms with Crippen molar-refractivity contribution in [2.45, 2.75) is 0 Å². The van der Waals surface area contributed by atoms with E-state index < -0.39 is 0 Å². The number of rotatable bonds is 0. The topological polar surface area (TPSA) is 13.1 Å². The summed E-state index contributed by atoms with van der Waals surface area (Å²) < 4.78 is 4.69. The van der Waals surface area contributed by atoms with Crippen LogP contribution in [0.25, 0.3) is 0 Å². The molecular weight excluding hydrogens is 130 g/mol. The molecule has 1 nitrogen and oxygen atoms in total. The van der Waals surface area contributed by atoms with Gasteiger partial charge in [-0.3, -0.25) is 0 Å². The Hall–Kier alpha value is -0.0000000000000000555. The summed E-state index contributed by atoms with van der Waals surface area (Å²) in [6.45, 7) is 0. The normalized spacial score (nSPS) is 7.57. The SMILES string of the molecule is Cl.Pc1ccoc1. The summed E-state index contributed by atoms with van der Waals surface area (Å²) in [6, 6.07) is 1.88. The highest BCUT2D eigenvalue weighted by atomic mass is 35.5. The number of hydrogen-bond donors (Lipinski definition) is 0. The zero-order chi connectivity index (χ0) is 4.41. The van der Waals surface area contributed by atoms with E-state index >= 15 is 0 Å². The van der Waals surface area contributed by atoms with Crippen LogP contribution >= 0.6 is 21.6 Å². The van der Waals surface area contributed by atoms with Gasteiger partial charge in [0.1, 0.15) is 0 Å². The second-order valence-corrected chi connectivity index (χ2v) is 1.72. The van der Waals surface area contributed by atoms with Gasteiger partial charge in [0.2, 0.25) is 0 Å². The quantitative estimate of drug-likeness (QED) is 0.489. The van der Waals surface area contributed by atoms with Crippen molar-refractivity contribution >= 4 is 27.0 Å². The molecule has 1 heterocycles. The van der Waals surface area contributed by atoms with Crippen LogP contribution in [0.4, 0.5) is 0 Å². The average Bonchev–Trinajstić information content (AvgIpc) is 1.86. The summed E-state index contributed by atoms with van der Waals surface area (Å²) in [6.07, 6.45) is 3.31. The van der Waals surface area contributed by atoms with Crippen LogP contribution in [0.5, 0.6) is 0 Å². The van der Waals surface area contributed by atoms with Crippen molar-refractivity contribution in [2.24, 2.45) is 0 Å². The van der Waals surface area contributed by atoms with Crippen molar-refractivity contribution in [2.75, 3.05) is 0 Å². The minimum absolute atomic E-state index is 0. The Morgan fingerprint density at radius 2 is 2.29 bits per heavy atom. The Balaban J connectivity index is 0.000000360. The summed E-state index contributed by atoms with van der Waals surface area (Å²) in [4.78, 5) is 0. The van der Waals surface area contributed by atoms with Gasteiger partial charge in [0.15, 0.2) is 0 Å². The molecule has 1 atom stereocenters. The van der Waals surface area contributed by atoms with E-state index in [1.165, 1.54) is 0 Å². The third kappa shape index (κ3) is 1.96. The Kier molecular flexibility index (Phi) is 3.06. The minimum atomic E-state index is 0. The summed E-state index contributed by atoms with van der Waals surface area (Å²) >= 11 is 0. The molecule has 1 aromatic rings. The van der Waals surface area contributed by atoms with Crippen LogP contribution < -0.4 is 5.30 Å². The fraction of sp³-hybridized carbons (Fsp3) is 0. The first-order chi connectivity index (χ1) is 2.89. The zero-order valence-electron chi connectivity index (χ0n) is 3.63. The van der Waals surface area contributed by atoms with Crippen LogP contribution in [-0.2, 0) is 0 Å². The van der Waals surface area contributed by atoms with E-state index in [-0.39, 0.29) is 12.4 Å². The molecular formula is C4H6ClOP. The summed E-state index contributed by atoms with van der Waals surface area (Å²) in [5, 5.41) is 1.09. The second-order valence-electron chi connectivity index (χ2n) is 1.06. The molecule has 0 spiro atoms. The summed E-state index contributed by atoms with van der Waals surface area (Å²) in [5.74, 6) is 0. The molecule has 0 fully saturated rings. The van der Waals surface area contributed by atoms with E-state index in [0.717, 1.165) is 5.30 Å². The molecule has 0 aromatic carbocycles. The van der Waals surface area contributed by atoms with Gasteiger partial charge in [-0.15, -0.1) is 21.6 Å². The van der Waals surface area contributed by atoms with E-state index in [2.05, 4.69) is 9.24 Å². The number of hydrogen-bond acceptors (Lipinski definition) is 1. The average molecular weight is 137 g/mol. The van der Waals surface area contributed by atoms with Crippen molar-refractivity contribution in [3.63, 3.8) is 0 Å². The maximum absolute atomic E-state index is 4.69. The highest BCUT2D eigenvalue weighted by molar-refractivity contribution is 7.27. The molecule has 0 aliphatic carbocycles. The fourth-order valence-electron chi connectivity index (χ4n) is 0.275. The van der Waals surface area contributed by atoms with Gasteiger partial charge in [0.25, 0.3) is 0 Å². The van der Waals surface area contributed by atoms with Gasteiger partial charge in [0.05, 0.1) is 12.5 Å². The molecule has 40 valence electrons. The van der Waals surface area contributed by atoms with Crippen molar-refractivity contribution in [3.05, 3.63) is 18.6 Å². The van der Waals surface area contributed by atoms with Gasteiger partial charge in [-0.2, -0.15) is 0 Å². The lowest BCUT2D eigenvalue weighted by atomic mass is 10.7. The van der Waals surface area contributed by atoms with Gasteiger partial charge in [-0.05, 0) is 6.07 Å². The van der Waals surface area contributed by atoms with E-state index in [0.29, 0.717) is 0 Å². The van der Waals surface area contributed by atoms with E-state index in [1.54, 1.807) is 12.5 Å². The standard InChI is InChI=1S/C4H5OP.ClH/c6-4-1-2-5-3-4;/h1-3H,6H2;1H. The van der Waals surface area contributed by atoms with Crippen molar-refractivity contribution in [1.82, 2.24) is 0 Å². The van der Waals surface area contributed by atoms with Crippen LogP contribution in [0.1, 0.15) is 0 Å². The third-order valence-corrected chi connectivity index (χ3v) is 0.872. The molecule has 1 aromatic heterocycles. The van der Waals surface area contributed by atoms with Crippen LogP contribution in [0.15, 0.2) is 23.0 Å². The van der Waals surface area contributed by atoms with Gasteiger partial charge in [-0.1, -0.05) is 0 Å². The number of furan rings is 1. The van der Waals surface area contributed by atoms with Gasteiger partial charge < -0.3 is 4.42 Å². The molecule has 1 unspecified atom stereocenters. The highest BCUT2D eigenvalue weighted by Gasteiger charge is 1.76. The number of halogens is 1. The highest BCUT2D eigenvalue weighted by Crippen LogP contribution is 1.86. The Bertz CT molecular complexity index is 115. The predicted octanol–water partition coefficient (Wildman–Crippen LogP) is 1.20. The third-order valence-electron chi connectivity index (χ3n) is 0.543. The van der Waals surface area contributed by atoms with Crippen molar-refractivity contribution < 1.29 is 4.42 Å². The summed E-state index contributed by atoms with van der Waals surface area (Å²) in [5.41, 5.74) is 0.